The van der Waals surface area contributed by atoms with E-state index in [-0.39, 0.29) is 11.8 Å². The number of hydrogen-bond donors (Lipinski definition) is 3. The van der Waals surface area contributed by atoms with E-state index in [1.807, 2.05) is 0 Å². The number of aromatic nitrogens is 3. The maximum atomic E-state index is 14.4. The number of aryl methyl sites for hydroxylation is 2. The molecule has 1 atom stereocenters. The number of carboxylic acid groups (broad SMARTS) is 1. The van der Waals surface area contributed by atoms with Crippen molar-refractivity contribution in [3.05, 3.63) is 87.4 Å². The van der Waals surface area contributed by atoms with Gasteiger partial charge in [-0.3, -0.25) is 9.59 Å². The molecular formula is C52H59N7O4S2. The van der Waals surface area contributed by atoms with E-state index in [4.69, 9.17) is 15.1 Å². The zero-order valence-electron chi connectivity index (χ0n) is 37.8. The van der Waals surface area contributed by atoms with Gasteiger partial charge in [-0.2, -0.15) is 0 Å². The van der Waals surface area contributed by atoms with Gasteiger partial charge in [0.15, 0.2) is 0 Å². The van der Waals surface area contributed by atoms with E-state index in [0.717, 1.165) is 90.2 Å². The average molecular weight is 910 g/mol. The average Bonchev–Trinajstić information content (AvgIpc) is 3.94. The normalized spacial score (nSPS) is 18.9. The second-order valence-corrected chi connectivity index (χ2v) is 21.0. The fourth-order valence-corrected chi connectivity index (χ4v) is 13.1. The van der Waals surface area contributed by atoms with Crippen LogP contribution in [0.5, 0.6) is 0 Å². The van der Waals surface area contributed by atoms with Crippen molar-refractivity contribution in [2.75, 3.05) is 42.9 Å². The molecule has 0 radical (unpaired) electrons. The molecule has 3 N–H and O–H groups in total. The molecule has 10 rings (SSSR count). The molecule has 1 saturated heterocycles. The zero-order chi connectivity index (χ0) is 44.8. The summed E-state index contributed by atoms with van der Waals surface area (Å²) in [5.74, 6) is -0.395. The highest BCUT2D eigenvalue weighted by atomic mass is 32.1. The summed E-state index contributed by atoms with van der Waals surface area (Å²) in [5, 5.41) is 17.5. The van der Waals surface area contributed by atoms with E-state index in [1.54, 1.807) is 46.9 Å². The van der Waals surface area contributed by atoms with Crippen molar-refractivity contribution in [1.29, 1.82) is 0 Å². The molecular weight excluding hydrogens is 851 g/mol. The summed E-state index contributed by atoms with van der Waals surface area (Å²) >= 11 is 3.30. The maximum Gasteiger partial charge on any atom is 0.328 e. The monoisotopic (exact) mass is 909 g/mol. The molecule has 0 spiro atoms. The van der Waals surface area contributed by atoms with Crippen LogP contribution in [0.2, 0.25) is 0 Å². The van der Waals surface area contributed by atoms with Crippen molar-refractivity contribution in [3.63, 3.8) is 0 Å². The minimum atomic E-state index is -1.02. The number of anilines is 2. The van der Waals surface area contributed by atoms with Gasteiger partial charge in [0, 0.05) is 48.9 Å². The Bertz CT molecular complexity index is 2810. The molecule has 6 heterocycles. The molecule has 2 aliphatic heterocycles. The predicted octanol–water partition coefficient (Wildman–Crippen LogP) is 11.0. The molecule has 4 aliphatic rings. The van der Waals surface area contributed by atoms with E-state index < -0.39 is 11.5 Å². The van der Waals surface area contributed by atoms with Crippen LogP contribution in [-0.2, 0) is 16.1 Å². The Morgan fingerprint density at radius 2 is 1.72 bits per heavy atom. The number of benzene rings is 2. The highest BCUT2D eigenvalue weighted by molar-refractivity contribution is 7.21. The highest BCUT2D eigenvalue weighted by Crippen LogP contribution is 2.51. The summed E-state index contributed by atoms with van der Waals surface area (Å²) in [5.41, 5.74) is 9.66. The number of carbonyl (C=O) groups excluding carboxylic acids is 2. The summed E-state index contributed by atoms with van der Waals surface area (Å²) in [6, 6.07) is 18.2. The van der Waals surface area contributed by atoms with Gasteiger partial charge in [0.25, 0.3) is 5.91 Å². The Kier molecular flexibility index (Phi) is 12.1. The predicted molar refractivity (Wildman–Crippen MR) is 264 cm³/mol. The molecule has 65 heavy (non-hydrogen) atoms. The van der Waals surface area contributed by atoms with E-state index in [2.05, 4.69) is 76.1 Å². The molecule has 3 fully saturated rings. The lowest BCUT2D eigenvalue weighted by Crippen LogP contribution is -2.61. The van der Waals surface area contributed by atoms with Gasteiger partial charge in [0.1, 0.15) is 5.54 Å². The smallest absolute Gasteiger partial charge is 0.328 e. The summed E-state index contributed by atoms with van der Waals surface area (Å²) in [7, 11) is 0. The van der Waals surface area contributed by atoms with Gasteiger partial charge in [-0.25, -0.2) is 14.8 Å². The second-order valence-electron chi connectivity index (χ2n) is 18.8. The second kappa shape index (κ2) is 18.1. The zero-order valence-corrected chi connectivity index (χ0v) is 39.4. The first-order valence-corrected chi connectivity index (χ1v) is 25.4. The van der Waals surface area contributed by atoms with Crippen LogP contribution in [0.25, 0.3) is 49.0 Å². The SMILES string of the molecule is CCN1CCCC(CCN2CCn3c(c(C4CCCCC4)c4sc(C(=O)NC5(C(=O)Nc6ccc(C=CC(=O)O)cc6)CCC5)cc43)-c3ccc4nc(-c5sc(C)nc5C)ccc4c32)C1. The van der Waals surface area contributed by atoms with Crippen molar-refractivity contribution in [1.82, 2.24) is 24.8 Å². The van der Waals surface area contributed by atoms with Crippen LogP contribution in [0.4, 0.5) is 11.4 Å². The number of carbonyl (C=O) groups is 3. The van der Waals surface area contributed by atoms with Crippen LogP contribution in [0.15, 0.2) is 60.7 Å². The van der Waals surface area contributed by atoms with Gasteiger partial charge >= 0.3 is 5.97 Å². The molecule has 2 amide bonds. The number of aliphatic carboxylic acids is 1. The fraction of sp³-hybridized carbons (Fsp3) is 0.442. The van der Waals surface area contributed by atoms with Crippen LogP contribution in [0.1, 0.15) is 115 Å². The number of likely N-dealkylation sites (tertiary alicyclic amines) is 1. The summed E-state index contributed by atoms with van der Waals surface area (Å²) in [6.07, 6.45) is 14.2. The number of rotatable bonds is 12. The number of hydrogen-bond acceptors (Lipinski definition) is 9. The molecule has 2 aliphatic carbocycles. The molecule has 4 aromatic heterocycles. The summed E-state index contributed by atoms with van der Waals surface area (Å²) in [6.45, 7) is 12.5. The Balaban J connectivity index is 1.01. The minimum absolute atomic E-state index is 0.206. The topological polar surface area (TPSA) is 133 Å². The molecule has 6 aromatic rings. The molecule has 11 nitrogen and oxygen atoms in total. The number of thiazole rings is 1. The van der Waals surface area contributed by atoms with Crippen molar-refractivity contribution in [2.24, 2.45) is 5.92 Å². The maximum absolute atomic E-state index is 14.4. The number of fused-ring (bicyclic) bond motifs is 7. The standard InChI is InChI=1S/C52H59N7O4S2/c1-4-57-26-8-10-35(31-57)23-27-58-28-29-59-42-30-43(50(62)56-52(24-9-25-52)51(63)54-37-16-13-34(14-17-37)15-22-44(60)61)65-49(42)45(36-11-6-5-7-12-36)47(59)39-19-20-40-38(46(39)58)18-21-41(55-40)48-32(2)53-33(3)64-48/h13-22,30,35-36H,4-12,23-29,31H2,1-3H3,(H,54,63)(H,56,62)(H,60,61). The Labute approximate surface area is 389 Å². The third-order valence-corrected chi connectivity index (χ3v) is 16.8. The molecule has 2 aromatic carbocycles. The Hall–Kier alpha value is -5.37. The lowest BCUT2D eigenvalue weighted by atomic mass is 9.75. The van der Waals surface area contributed by atoms with Crippen molar-refractivity contribution in [2.45, 2.75) is 109 Å². The van der Waals surface area contributed by atoms with E-state index in [1.165, 1.54) is 83.9 Å². The third-order valence-electron chi connectivity index (χ3n) is 14.6. The van der Waals surface area contributed by atoms with Crippen LogP contribution in [0, 0.1) is 19.8 Å². The molecule has 338 valence electrons. The van der Waals surface area contributed by atoms with E-state index in [0.29, 0.717) is 40.8 Å². The fourth-order valence-electron chi connectivity index (χ4n) is 11.1. The number of carboxylic acids is 1. The number of thiophene rings is 1. The first-order valence-electron chi connectivity index (χ1n) is 23.7. The third kappa shape index (κ3) is 8.51. The lowest BCUT2D eigenvalue weighted by Gasteiger charge is -2.40. The van der Waals surface area contributed by atoms with Crippen LogP contribution in [-0.4, -0.2) is 80.6 Å². The van der Waals surface area contributed by atoms with Crippen LogP contribution >= 0.6 is 22.7 Å². The molecule has 13 heteroatoms. The van der Waals surface area contributed by atoms with Gasteiger partial charge in [-0.15, -0.1) is 22.7 Å². The van der Waals surface area contributed by atoms with Gasteiger partial charge in [0.2, 0.25) is 5.91 Å². The number of pyridine rings is 1. The van der Waals surface area contributed by atoms with Gasteiger partial charge in [0.05, 0.1) is 53.3 Å². The largest absolute Gasteiger partial charge is 0.478 e. The lowest BCUT2D eigenvalue weighted by molar-refractivity contribution is -0.131. The number of nitrogens with one attached hydrogen (secondary N) is 2. The van der Waals surface area contributed by atoms with Crippen molar-refractivity contribution >= 4 is 79.0 Å². The van der Waals surface area contributed by atoms with Crippen molar-refractivity contribution in [3.8, 4) is 21.8 Å². The summed E-state index contributed by atoms with van der Waals surface area (Å²) in [4.78, 5) is 56.4. The van der Waals surface area contributed by atoms with E-state index >= 15 is 0 Å². The highest BCUT2D eigenvalue weighted by Gasteiger charge is 2.46. The quantitative estimate of drug-likeness (QED) is 0.103. The minimum Gasteiger partial charge on any atom is -0.478 e. The number of nitrogens with zero attached hydrogens (tertiary/aromatic N) is 5. The molecule has 2 saturated carbocycles. The Morgan fingerprint density at radius 3 is 2.45 bits per heavy atom. The molecule has 1 unspecified atom stereocenters. The van der Waals surface area contributed by atoms with E-state index in [9.17, 15) is 14.4 Å². The first-order chi connectivity index (χ1) is 31.6. The molecule has 0 bridgehead atoms. The van der Waals surface area contributed by atoms with Gasteiger partial charge in [-0.05, 0) is 150 Å². The summed E-state index contributed by atoms with van der Waals surface area (Å²) < 4.78 is 3.73. The van der Waals surface area contributed by atoms with Gasteiger partial charge < -0.3 is 30.1 Å². The van der Waals surface area contributed by atoms with Crippen LogP contribution < -0.4 is 15.5 Å². The first kappa shape index (κ1) is 43.5. The van der Waals surface area contributed by atoms with Crippen molar-refractivity contribution < 1.29 is 19.5 Å². The number of piperidine rings is 1. The Morgan fingerprint density at radius 1 is 0.908 bits per heavy atom. The number of amides is 2. The van der Waals surface area contributed by atoms with Crippen LogP contribution in [0.3, 0.4) is 0 Å². The van der Waals surface area contributed by atoms with Gasteiger partial charge in [-0.1, -0.05) is 38.3 Å².